The Balaban J connectivity index is 1.74. The third-order valence-corrected chi connectivity index (χ3v) is 6.81. The van der Waals surface area contributed by atoms with Crippen molar-refractivity contribution < 1.29 is 29.7 Å². The Labute approximate surface area is 224 Å². The first kappa shape index (κ1) is 29.5. The van der Waals surface area contributed by atoms with Crippen LogP contribution in [-0.4, -0.2) is 74.4 Å². The van der Waals surface area contributed by atoms with Crippen LogP contribution in [0.3, 0.4) is 0 Å². The number of carbonyl (C=O) groups excluding carboxylic acids is 1. The number of nitrogens with one attached hydrogen (secondary N) is 1. The Bertz CT molecular complexity index is 966. The summed E-state index contributed by atoms with van der Waals surface area (Å²) in [7, 11) is 0. The van der Waals surface area contributed by atoms with Crippen LogP contribution in [0.15, 0.2) is 42.1 Å². The van der Waals surface area contributed by atoms with Gasteiger partial charge in [0.1, 0.15) is 0 Å². The van der Waals surface area contributed by atoms with E-state index < -0.39 is 36.0 Å². The van der Waals surface area contributed by atoms with Crippen LogP contribution in [-0.2, 0) is 14.4 Å². The van der Waals surface area contributed by atoms with Crippen molar-refractivity contribution in [3.63, 3.8) is 0 Å². The van der Waals surface area contributed by atoms with Crippen LogP contribution in [0.1, 0.15) is 71.3 Å². The van der Waals surface area contributed by atoms with Gasteiger partial charge in [0.2, 0.25) is 12.3 Å². The average Bonchev–Trinajstić information content (AvgIpc) is 3.40. The van der Waals surface area contributed by atoms with Gasteiger partial charge in [0.05, 0.1) is 29.9 Å². The number of benzene rings is 1. The highest BCUT2D eigenvalue weighted by Gasteiger charge is 2.54. The fourth-order valence-electron chi connectivity index (χ4n) is 4.86. The van der Waals surface area contributed by atoms with Gasteiger partial charge in [-0.1, -0.05) is 47.8 Å². The zero-order valence-electron chi connectivity index (χ0n) is 21.9. The molecule has 1 amide bonds. The topological polar surface area (TPSA) is 124 Å². The molecule has 4 atom stereocenters. The van der Waals surface area contributed by atoms with Gasteiger partial charge in [-0.15, -0.1) is 6.58 Å². The Morgan fingerprint density at radius 1 is 1.35 bits per heavy atom. The predicted molar refractivity (Wildman–Crippen MR) is 142 cm³/mol. The lowest BCUT2D eigenvalue weighted by Crippen LogP contribution is -2.54. The lowest BCUT2D eigenvalue weighted by molar-refractivity contribution is -0.189. The molecule has 4 N–H and O–H groups in total. The van der Waals surface area contributed by atoms with Gasteiger partial charge in [-0.25, -0.2) is 0 Å². The molecule has 1 spiro atoms. The molecule has 0 bridgehead atoms. The van der Waals surface area contributed by atoms with Crippen molar-refractivity contribution in [2.45, 2.75) is 102 Å². The van der Waals surface area contributed by atoms with Crippen molar-refractivity contribution in [3.05, 3.63) is 47.5 Å². The average molecular weight is 538 g/mol. The number of amides is 1. The van der Waals surface area contributed by atoms with Crippen molar-refractivity contribution in [1.82, 2.24) is 10.2 Å². The number of rotatable bonds is 12. The zero-order valence-corrected chi connectivity index (χ0v) is 22.7. The van der Waals surface area contributed by atoms with E-state index in [9.17, 15) is 20.1 Å². The van der Waals surface area contributed by atoms with Crippen molar-refractivity contribution in [2.75, 3.05) is 6.54 Å². The lowest BCUT2D eigenvalue weighted by Gasteiger charge is -2.32. The number of oxime groups is 1. The van der Waals surface area contributed by atoms with Crippen LogP contribution >= 0.6 is 11.6 Å². The van der Waals surface area contributed by atoms with Crippen LogP contribution in [0.5, 0.6) is 0 Å². The van der Waals surface area contributed by atoms with Crippen molar-refractivity contribution >= 4 is 23.2 Å². The summed E-state index contributed by atoms with van der Waals surface area (Å²) in [5, 5.41) is 38.5. The van der Waals surface area contributed by atoms with E-state index >= 15 is 0 Å². The van der Waals surface area contributed by atoms with Gasteiger partial charge in [0.15, 0.2) is 11.9 Å². The lowest BCUT2D eigenvalue weighted by atomic mass is 9.91. The maximum atomic E-state index is 13.8. The smallest absolute Gasteiger partial charge is 0.240 e. The van der Waals surface area contributed by atoms with Gasteiger partial charge in [-0.05, 0) is 52.2 Å². The molecular formula is C27H40ClN3O6. The number of allylic oxidation sites excluding steroid dienone is 1. The molecule has 0 saturated carbocycles. The summed E-state index contributed by atoms with van der Waals surface area (Å²) in [5.74, 6) is -0.352. The summed E-state index contributed by atoms with van der Waals surface area (Å²) in [6.07, 6.45) is 3.27. The van der Waals surface area contributed by atoms with Crippen LogP contribution in [0.25, 0.3) is 0 Å². The van der Waals surface area contributed by atoms with E-state index in [-0.39, 0.29) is 18.9 Å². The molecular weight excluding hydrogens is 498 g/mol. The summed E-state index contributed by atoms with van der Waals surface area (Å²) in [4.78, 5) is 21.0. The Kier molecular flexibility index (Phi) is 10.1. The molecule has 1 saturated heterocycles. The minimum atomic E-state index is -1.76. The quantitative estimate of drug-likeness (QED) is 0.183. The number of aliphatic hydroxyl groups is 3. The SMILES string of the molecule is C=CCCCCC[C@H](NC(O)OC(C)(C)C)C(=O)N1C[C@@]2(CC(c3cccc(Cl)c3)=NO2)C[C@H]1C(O)O. The van der Waals surface area contributed by atoms with Crippen molar-refractivity contribution in [3.8, 4) is 0 Å². The van der Waals surface area contributed by atoms with Gasteiger partial charge >= 0.3 is 0 Å². The van der Waals surface area contributed by atoms with E-state index in [1.807, 2.05) is 18.2 Å². The fourth-order valence-corrected chi connectivity index (χ4v) is 5.05. The molecule has 206 valence electrons. The number of ether oxygens (including phenoxy) is 1. The molecule has 1 aromatic rings. The van der Waals surface area contributed by atoms with Gasteiger partial charge < -0.3 is 29.8 Å². The molecule has 1 fully saturated rings. The van der Waals surface area contributed by atoms with Gasteiger partial charge in [0.25, 0.3) is 0 Å². The van der Waals surface area contributed by atoms with Crippen molar-refractivity contribution in [1.29, 1.82) is 0 Å². The molecule has 1 unspecified atom stereocenters. The maximum Gasteiger partial charge on any atom is 0.240 e. The number of likely N-dealkylation sites (tertiary alicyclic amines) is 1. The van der Waals surface area contributed by atoms with Crippen LogP contribution in [0, 0.1) is 0 Å². The standard InChI is InChI=1S/C27H40ClN3O6/c1-5-6-7-8-9-13-20(29-25(35)36-26(2,3)4)23(32)31-17-27(16-22(31)24(33)34)15-21(30-37-27)18-11-10-12-19(28)14-18/h5,10-12,14,20,22,24-25,29,33-35H,1,6-9,13,15-17H2,2-4H3/t20-,22-,25?,27+/m0/s1. The third-order valence-electron chi connectivity index (χ3n) is 6.57. The van der Waals surface area contributed by atoms with E-state index in [2.05, 4.69) is 17.1 Å². The summed E-state index contributed by atoms with van der Waals surface area (Å²) in [6, 6.07) is 5.60. The molecule has 0 aromatic heterocycles. The van der Waals surface area contributed by atoms with E-state index in [0.29, 0.717) is 23.6 Å². The first-order valence-electron chi connectivity index (χ1n) is 12.8. The van der Waals surface area contributed by atoms with Gasteiger partial charge in [0, 0.05) is 23.4 Å². The molecule has 2 aliphatic heterocycles. The molecule has 37 heavy (non-hydrogen) atoms. The second kappa shape index (κ2) is 12.7. The molecule has 3 rings (SSSR count). The van der Waals surface area contributed by atoms with E-state index in [4.69, 9.17) is 21.2 Å². The molecule has 0 aliphatic carbocycles. The minimum Gasteiger partial charge on any atom is -0.387 e. The number of halogens is 1. The fraction of sp³-hybridized carbons (Fsp3) is 0.630. The summed E-state index contributed by atoms with van der Waals surface area (Å²) < 4.78 is 5.57. The Hall–Kier alpha value is -2.01. The highest BCUT2D eigenvalue weighted by atomic mass is 35.5. The second-order valence-corrected chi connectivity index (χ2v) is 11.3. The first-order valence-corrected chi connectivity index (χ1v) is 13.2. The highest BCUT2D eigenvalue weighted by Crippen LogP contribution is 2.40. The number of hydrogen-bond donors (Lipinski definition) is 4. The zero-order chi connectivity index (χ0) is 27.2. The summed E-state index contributed by atoms with van der Waals surface area (Å²) in [6.45, 7) is 9.29. The van der Waals surface area contributed by atoms with Crippen molar-refractivity contribution in [2.24, 2.45) is 5.16 Å². The number of carbonyl (C=O) groups is 1. The third kappa shape index (κ3) is 8.24. The van der Waals surface area contributed by atoms with Crippen LogP contribution < -0.4 is 5.32 Å². The predicted octanol–water partition coefficient (Wildman–Crippen LogP) is 3.30. The number of aliphatic hydroxyl groups excluding tert-OH is 2. The first-order chi connectivity index (χ1) is 17.4. The molecule has 1 aromatic carbocycles. The summed E-state index contributed by atoms with van der Waals surface area (Å²) in [5.41, 5.74) is -0.000740. The normalized spacial score (nSPS) is 23.3. The largest absolute Gasteiger partial charge is 0.387 e. The van der Waals surface area contributed by atoms with Crippen LogP contribution in [0.2, 0.25) is 5.02 Å². The Morgan fingerprint density at radius 3 is 2.76 bits per heavy atom. The number of hydrogen-bond acceptors (Lipinski definition) is 8. The van der Waals surface area contributed by atoms with E-state index in [1.165, 1.54) is 4.90 Å². The monoisotopic (exact) mass is 537 g/mol. The molecule has 0 radical (unpaired) electrons. The molecule has 2 aliphatic rings. The maximum absolute atomic E-state index is 13.8. The van der Waals surface area contributed by atoms with Gasteiger partial charge in [-0.3, -0.25) is 10.1 Å². The van der Waals surface area contributed by atoms with Gasteiger partial charge in [-0.2, -0.15) is 0 Å². The van der Waals surface area contributed by atoms with E-state index in [1.54, 1.807) is 32.9 Å². The number of unbranched alkanes of at least 4 members (excludes halogenated alkanes) is 3. The molecule has 10 heteroatoms. The molecule has 2 heterocycles. The van der Waals surface area contributed by atoms with Crippen LogP contribution in [0.4, 0.5) is 0 Å². The second-order valence-electron chi connectivity index (χ2n) is 10.9. The summed E-state index contributed by atoms with van der Waals surface area (Å²) >= 11 is 6.13. The molecule has 9 nitrogen and oxygen atoms in total. The number of nitrogens with zero attached hydrogens (tertiary/aromatic N) is 2. The Morgan fingerprint density at radius 2 is 2.11 bits per heavy atom. The minimum absolute atomic E-state index is 0.132. The highest BCUT2D eigenvalue weighted by molar-refractivity contribution is 6.31. The van der Waals surface area contributed by atoms with E-state index in [0.717, 1.165) is 31.2 Å².